The molecular formula is C22H28N4O. The fourth-order valence-electron chi connectivity index (χ4n) is 4.15. The lowest BCUT2D eigenvalue weighted by atomic mass is 10.0. The summed E-state index contributed by atoms with van der Waals surface area (Å²) in [5.74, 6) is 0.181. The van der Waals surface area contributed by atoms with Gasteiger partial charge in [-0.15, -0.1) is 0 Å². The maximum Gasteiger partial charge on any atom is 0.253 e. The van der Waals surface area contributed by atoms with Gasteiger partial charge in [-0.25, -0.2) is 0 Å². The summed E-state index contributed by atoms with van der Waals surface area (Å²) < 4.78 is 0. The van der Waals surface area contributed by atoms with Crippen LogP contribution in [0.15, 0.2) is 48.8 Å². The highest BCUT2D eigenvalue weighted by molar-refractivity contribution is 5.94. The van der Waals surface area contributed by atoms with E-state index in [9.17, 15) is 4.79 Å². The predicted molar refractivity (Wildman–Crippen MR) is 106 cm³/mol. The number of amides is 1. The molecule has 2 aromatic rings. The van der Waals surface area contributed by atoms with Gasteiger partial charge in [-0.2, -0.15) is 0 Å². The first-order chi connectivity index (χ1) is 13.3. The molecule has 2 fully saturated rings. The Bertz CT molecular complexity index is 758. The van der Waals surface area contributed by atoms with Gasteiger partial charge in [-0.1, -0.05) is 18.2 Å². The molecule has 0 radical (unpaired) electrons. The average molecular weight is 364 g/mol. The zero-order valence-corrected chi connectivity index (χ0v) is 15.8. The average Bonchev–Trinajstić information content (AvgIpc) is 2.75. The first kappa shape index (κ1) is 18.1. The Hall–Kier alpha value is -2.24. The molecule has 4 rings (SSSR count). The Morgan fingerprint density at radius 1 is 1.11 bits per heavy atom. The molecule has 5 nitrogen and oxygen atoms in total. The maximum absolute atomic E-state index is 12.8. The van der Waals surface area contributed by atoms with Gasteiger partial charge in [0.1, 0.15) is 0 Å². The summed E-state index contributed by atoms with van der Waals surface area (Å²) in [6.07, 6.45) is 7.27. The van der Waals surface area contributed by atoms with Crippen molar-refractivity contribution in [2.45, 2.75) is 31.8 Å². The van der Waals surface area contributed by atoms with Gasteiger partial charge in [-0.3, -0.25) is 14.7 Å². The summed E-state index contributed by atoms with van der Waals surface area (Å²) in [5, 5.41) is 3.49. The van der Waals surface area contributed by atoms with Gasteiger partial charge in [-0.05, 0) is 48.6 Å². The lowest BCUT2D eigenvalue weighted by Crippen LogP contribution is -2.45. The van der Waals surface area contributed by atoms with E-state index in [0.717, 1.165) is 57.7 Å². The van der Waals surface area contributed by atoms with E-state index in [4.69, 9.17) is 0 Å². The minimum absolute atomic E-state index is 0.181. The van der Waals surface area contributed by atoms with E-state index in [1.165, 1.54) is 17.5 Å². The van der Waals surface area contributed by atoms with E-state index in [0.29, 0.717) is 6.04 Å². The number of rotatable bonds is 4. The number of piperazine rings is 1. The first-order valence-corrected chi connectivity index (χ1v) is 10.0. The number of carbonyl (C=O) groups excluding carboxylic acids is 1. The van der Waals surface area contributed by atoms with Crippen LogP contribution in [0.2, 0.25) is 0 Å². The third kappa shape index (κ3) is 4.37. The second-order valence-corrected chi connectivity index (χ2v) is 7.53. The number of carbonyl (C=O) groups is 1. The molecule has 3 heterocycles. The van der Waals surface area contributed by atoms with Crippen molar-refractivity contribution in [1.29, 1.82) is 0 Å². The maximum atomic E-state index is 12.8. The summed E-state index contributed by atoms with van der Waals surface area (Å²) >= 11 is 0. The number of hydrogen-bond donors (Lipinski definition) is 1. The van der Waals surface area contributed by atoms with Gasteiger partial charge in [0.25, 0.3) is 5.91 Å². The molecule has 0 spiro atoms. The molecular weight excluding hydrogens is 336 g/mol. The number of nitrogens with zero attached hydrogens (tertiary/aromatic N) is 3. The number of piperidine rings is 1. The van der Waals surface area contributed by atoms with Gasteiger partial charge in [0, 0.05) is 63.3 Å². The van der Waals surface area contributed by atoms with Crippen LogP contribution < -0.4 is 5.32 Å². The van der Waals surface area contributed by atoms with Gasteiger partial charge in [0.2, 0.25) is 0 Å². The second kappa shape index (κ2) is 8.63. The van der Waals surface area contributed by atoms with Crippen LogP contribution in [-0.4, -0.2) is 53.4 Å². The summed E-state index contributed by atoms with van der Waals surface area (Å²) in [4.78, 5) is 21.6. The van der Waals surface area contributed by atoms with Gasteiger partial charge >= 0.3 is 0 Å². The van der Waals surface area contributed by atoms with Crippen molar-refractivity contribution >= 4 is 5.91 Å². The highest BCUT2D eigenvalue weighted by Gasteiger charge is 2.24. The van der Waals surface area contributed by atoms with Gasteiger partial charge in [0.15, 0.2) is 0 Å². The minimum atomic E-state index is 0.181. The fourth-order valence-corrected chi connectivity index (χ4v) is 4.15. The van der Waals surface area contributed by atoms with Crippen LogP contribution in [0.3, 0.4) is 0 Å². The highest BCUT2D eigenvalue weighted by Crippen LogP contribution is 2.24. The van der Waals surface area contributed by atoms with Crippen LogP contribution in [0.25, 0.3) is 0 Å². The smallest absolute Gasteiger partial charge is 0.253 e. The van der Waals surface area contributed by atoms with Gasteiger partial charge in [0.05, 0.1) is 0 Å². The van der Waals surface area contributed by atoms with Crippen LogP contribution in [-0.2, 0) is 6.54 Å². The molecule has 142 valence electrons. The molecule has 0 bridgehead atoms. The molecule has 1 N–H and O–H groups in total. The largest absolute Gasteiger partial charge is 0.339 e. The summed E-state index contributed by atoms with van der Waals surface area (Å²) in [7, 11) is 0. The number of pyridine rings is 1. The molecule has 1 atom stereocenters. The molecule has 27 heavy (non-hydrogen) atoms. The third-order valence-corrected chi connectivity index (χ3v) is 5.63. The van der Waals surface area contributed by atoms with Crippen LogP contribution in [0, 0.1) is 0 Å². The number of aromatic nitrogens is 1. The van der Waals surface area contributed by atoms with Crippen molar-refractivity contribution in [2.24, 2.45) is 0 Å². The van der Waals surface area contributed by atoms with E-state index in [1.54, 1.807) is 0 Å². The zero-order chi connectivity index (χ0) is 18.5. The standard InChI is InChI=1S/C22H28N4O/c27-22(25-11-2-1-3-12-25)19-7-4-6-18(14-19)17-26-13-10-24-16-21(26)20-8-5-9-23-15-20/h4-9,14-15,21,24H,1-3,10-13,16-17H2. The van der Waals surface area contributed by atoms with E-state index in [-0.39, 0.29) is 5.91 Å². The van der Waals surface area contributed by atoms with E-state index in [1.807, 2.05) is 35.5 Å². The Kier molecular flexibility index (Phi) is 5.80. The second-order valence-electron chi connectivity index (χ2n) is 7.53. The highest BCUT2D eigenvalue weighted by atomic mass is 16.2. The van der Waals surface area contributed by atoms with Crippen LogP contribution >= 0.6 is 0 Å². The van der Waals surface area contributed by atoms with E-state index < -0.39 is 0 Å². The van der Waals surface area contributed by atoms with Crippen LogP contribution in [0.5, 0.6) is 0 Å². The number of benzene rings is 1. The quantitative estimate of drug-likeness (QED) is 0.906. The number of hydrogen-bond acceptors (Lipinski definition) is 4. The molecule has 2 saturated heterocycles. The molecule has 0 saturated carbocycles. The normalized spacial score (nSPS) is 21.2. The monoisotopic (exact) mass is 364 g/mol. The van der Waals surface area contributed by atoms with Crippen molar-refractivity contribution in [1.82, 2.24) is 20.1 Å². The summed E-state index contributed by atoms with van der Waals surface area (Å²) in [6, 6.07) is 12.7. The zero-order valence-electron chi connectivity index (χ0n) is 15.8. The Morgan fingerprint density at radius 3 is 2.81 bits per heavy atom. The minimum Gasteiger partial charge on any atom is -0.339 e. The Morgan fingerprint density at radius 2 is 2.00 bits per heavy atom. The topological polar surface area (TPSA) is 48.5 Å². The van der Waals surface area contributed by atoms with Crippen molar-refractivity contribution in [3.63, 3.8) is 0 Å². The molecule has 2 aliphatic heterocycles. The molecule has 0 aliphatic carbocycles. The number of nitrogens with one attached hydrogen (secondary N) is 1. The lowest BCUT2D eigenvalue weighted by Gasteiger charge is -2.36. The van der Waals surface area contributed by atoms with Crippen molar-refractivity contribution in [3.05, 3.63) is 65.5 Å². The Balaban J connectivity index is 1.49. The van der Waals surface area contributed by atoms with E-state index in [2.05, 4.69) is 33.4 Å². The third-order valence-electron chi connectivity index (χ3n) is 5.63. The molecule has 1 amide bonds. The lowest BCUT2D eigenvalue weighted by molar-refractivity contribution is 0.0724. The van der Waals surface area contributed by atoms with Crippen LogP contribution in [0.4, 0.5) is 0 Å². The molecule has 1 aromatic heterocycles. The number of likely N-dealkylation sites (tertiary alicyclic amines) is 1. The molecule has 1 aromatic carbocycles. The van der Waals surface area contributed by atoms with E-state index >= 15 is 0 Å². The summed E-state index contributed by atoms with van der Waals surface area (Å²) in [5.41, 5.74) is 3.27. The molecule has 5 heteroatoms. The SMILES string of the molecule is O=C(c1cccc(CN2CCNCC2c2cccnc2)c1)N1CCCCC1. The molecule has 1 unspecified atom stereocenters. The van der Waals surface area contributed by atoms with Crippen molar-refractivity contribution < 1.29 is 4.79 Å². The van der Waals surface area contributed by atoms with Crippen LogP contribution in [0.1, 0.15) is 46.8 Å². The van der Waals surface area contributed by atoms with Crippen molar-refractivity contribution in [2.75, 3.05) is 32.7 Å². The van der Waals surface area contributed by atoms with Crippen molar-refractivity contribution in [3.8, 4) is 0 Å². The van der Waals surface area contributed by atoms with Gasteiger partial charge < -0.3 is 10.2 Å². The Labute approximate surface area is 161 Å². The molecule has 2 aliphatic rings. The predicted octanol–water partition coefficient (Wildman–Crippen LogP) is 2.85. The first-order valence-electron chi connectivity index (χ1n) is 10.0. The fraction of sp³-hybridized carbons (Fsp3) is 0.455. The summed E-state index contributed by atoms with van der Waals surface area (Å²) in [6.45, 7) is 5.54.